The molecule has 8 nitrogen and oxygen atoms in total. The number of nitrogen functional groups attached to an aromatic ring is 1. The number of fused-ring (bicyclic) bond motifs is 1. The highest BCUT2D eigenvalue weighted by atomic mass is 16.4. The first-order valence-corrected chi connectivity index (χ1v) is 8.85. The number of unbranched alkanes of at least 4 members (excludes halogenated alkanes) is 1. The van der Waals surface area contributed by atoms with Gasteiger partial charge in [0.25, 0.3) is 0 Å². The van der Waals surface area contributed by atoms with Crippen LogP contribution in [-0.4, -0.2) is 37.6 Å². The van der Waals surface area contributed by atoms with E-state index in [-0.39, 0.29) is 11.5 Å². The number of hydrogen-bond donors (Lipinski definition) is 4. The Morgan fingerprint density at radius 2 is 2.04 bits per heavy atom. The summed E-state index contributed by atoms with van der Waals surface area (Å²) in [6.45, 7) is 3.24. The second-order valence-corrected chi connectivity index (χ2v) is 6.37. The van der Waals surface area contributed by atoms with E-state index in [1.165, 1.54) is 0 Å². The summed E-state index contributed by atoms with van der Waals surface area (Å²) in [5.41, 5.74) is 8.07. The van der Waals surface area contributed by atoms with Gasteiger partial charge in [0.2, 0.25) is 5.95 Å². The van der Waals surface area contributed by atoms with E-state index in [9.17, 15) is 9.90 Å². The third-order valence-electron chi connectivity index (χ3n) is 4.38. The van der Waals surface area contributed by atoms with Crippen LogP contribution in [0.4, 0.5) is 11.8 Å². The summed E-state index contributed by atoms with van der Waals surface area (Å²) in [6, 6.07) is 6.57. The minimum Gasteiger partial charge on any atom is -0.478 e. The zero-order valence-electron chi connectivity index (χ0n) is 15.1. The topological polar surface area (TPSA) is 125 Å². The van der Waals surface area contributed by atoms with Crippen molar-refractivity contribution in [1.29, 1.82) is 0 Å². The Morgan fingerprint density at radius 1 is 1.30 bits per heavy atom. The predicted molar refractivity (Wildman–Crippen MR) is 103 cm³/mol. The van der Waals surface area contributed by atoms with E-state index < -0.39 is 12.2 Å². The highest BCUT2D eigenvalue weighted by Gasteiger charge is 2.27. The van der Waals surface area contributed by atoms with Crippen LogP contribution in [0, 0.1) is 0 Å². The first kappa shape index (κ1) is 18.7. The summed E-state index contributed by atoms with van der Waals surface area (Å²) < 4.78 is 0. The van der Waals surface area contributed by atoms with Gasteiger partial charge in [-0.3, -0.25) is 0 Å². The number of aliphatic hydroxyl groups is 1. The molecule has 5 N–H and O–H groups in total. The summed E-state index contributed by atoms with van der Waals surface area (Å²) in [4.78, 5) is 21.2. The monoisotopic (exact) mass is 369 g/mol. The van der Waals surface area contributed by atoms with Crippen LogP contribution in [0.3, 0.4) is 0 Å². The quantitative estimate of drug-likeness (QED) is 0.549. The molecule has 8 heteroatoms. The molecule has 0 fully saturated rings. The number of anilines is 2. The fourth-order valence-corrected chi connectivity index (χ4v) is 2.92. The van der Waals surface area contributed by atoms with Gasteiger partial charge in [-0.15, -0.1) is 0 Å². The van der Waals surface area contributed by atoms with Crippen molar-refractivity contribution < 1.29 is 15.0 Å². The van der Waals surface area contributed by atoms with E-state index >= 15 is 0 Å². The second-order valence-electron chi connectivity index (χ2n) is 6.37. The zero-order chi connectivity index (χ0) is 19.4. The molecule has 0 saturated heterocycles. The molecule has 0 radical (unpaired) electrons. The van der Waals surface area contributed by atoms with Gasteiger partial charge in [-0.1, -0.05) is 25.5 Å². The molecule has 1 aromatic heterocycles. The molecule has 142 valence electrons. The van der Waals surface area contributed by atoms with Crippen molar-refractivity contribution >= 4 is 23.8 Å². The van der Waals surface area contributed by atoms with Gasteiger partial charge in [-0.25, -0.2) is 9.78 Å². The Bertz CT molecular complexity index is 851. The number of aromatic carboxylic acids is 1. The van der Waals surface area contributed by atoms with Crippen molar-refractivity contribution in [1.82, 2.24) is 14.9 Å². The van der Waals surface area contributed by atoms with Crippen LogP contribution in [-0.2, 0) is 6.54 Å². The van der Waals surface area contributed by atoms with Crippen LogP contribution in [0.5, 0.6) is 0 Å². The van der Waals surface area contributed by atoms with E-state index in [4.69, 9.17) is 10.8 Å². The normalized spacial score (nSPS) is 15.5. The molecule has 1 unspecified atom stereocenters. The van der Waals surface area contributed by atoms with Gasteiger partial charge in [0.1, 0.15) is 5.82 Å². The highest BCUT2D eigenvalue weighted by molar-refractivity contribution is 5.87. The number of carboxylic acids is 1. The van der Waals surface area contributed by atoms with Crippen LogP contribution >= 0.6 is 0 Å². The van der Waals surface area contributed by atoms with E-state index in [1.54, 1.807) is 41.4 Å². The lowest BCUT2D eigenvalue weighted by atomic mass is 10.1. The number of aromatic nitrogens is 2. The fraction of sp³-hybridized carbons (Fsp3) is 0.316. The number of carbonyl (C=O) groups is 1. The smallest absolute Gasteiger partial charge is 0.335 e. The number of carboxylic acid groups (broad SMARTS) is 1. The first-order chi connectivity index (χ1) is 13.0. The molecule has 1 aromatic carbocycles. The molecule has 27 heavy (non-hydrogen) atoms. The predicted octanol–water partition coefficient (Wildman–Crippen LogP) is 2.45. The molecular weight excluding hydrogens is 346 g/mol. The van der Waals surface area contributed by atoms with Gasteiger partial charge >= 0.3 is 5.97 Å². The molecule has 1 aliphatic rings. The van der Waals surface area contributed by atoms with E-state index in [0.29, 0.717) is 23.6 Å². The fourth-order valence-electron chi connectivity index (χ4n) is 2.92. The van der Waals surface area contributed by atoms with E-state index in [0.717, 1.165) is 24.9 Å². The number of rotatable bonds is 7. The van der Waals surface area contributed by atoms with Gasteiger partial charge in [0.15, 0.2) is 6.23 Å². The lowest BCUT2D eigenvalue weighted by Crippen LogP contribution is -2.28. The number of benzene rings is 1. The van der Waals surface area contributed by atoms with Gasteiger partial charge in [0.05, 0.1) is 16.8 Å². The molecule has 0 saturated carbocycles. The lowest BCUT2D eigenvalue weighted by Gasteiger charge is -2.32. The van der Waals surface area contributed by atoms with E-state index in [2.05, 4.69) is 22.2 Å². The molecule has 2 aromatic rings. The van der Waals surface area contributed by atoms with Gasteiger partial charge in [-0.2, -0.15) is 4.98 Å². The summed E-state index contributed by atoms with van der Waals surface area (Å²) in [7, 11) is 0. The van der Waals surface area contributed by atoms with Crippen LogP contribution in [0.1, 0.15) is 53.2 Å². The number of aliphatic hydroxyl groups excluding tert-OH is 1. The molecule has 2 heterocycles. The Labute approximate surface area is 157 Å². The van der Waals surface area contributed by atoms with Crippen molar-refractivity contribution in [3.8, 4) is 0 Å². The van der Waals surface area contributed by atoms with E-state index in [1.807, 2.05) is 0 Å². The molecule has 0 bridgehead atoms. The minimum absolute atomic E-state index is 0.155. The molecule has 0 spiro atoms. The Hall–Kier alpha value is -3.13. The molecule has 3 rings (SSSR count). The number of nitrogens with zero attached hydrogens (tertiary/aromatic N) is 3. The summed E-state index contributed by atoms with van der Waals surface area (Å²) in [6.07, 6.45) is 4.62. The summed E-state index contributed by atoms with van der Waals surface area (Å²) in [5, 5.41) is 23.1. The van der Waals surface area contributed by atoms with Gasteiger partial charge < -0.3 is 26.2 Å². The van der Waals surface area contributed by atoms with Crippen molar-refractivity contribution in [2.75, 3.05) is 17.6 Å². The number of hydrogen-bond acceptors (Lipinski definition) is 7. The van der Waals surface area contributed by atoms with Crippen molar-refractivity contribution in [3.63, 3.8) is 0 Å². The third-order valence-corrected chi connectivity index (χ3v) is 4.38. The molecule has 0 amide bonds. The van der Waals surface area contributed by atoms with Gasteiger partial charge in [0, 0.05) is 19.3 Å². The Morgan fingerprint density at radius 3 is 2.70 bits per heavy atom. The van der Waals surface area contributed by atoms with Crippen molar-refractivity contribution in [2.24, 2.45) is 0 Å². The Balaban J connectivity index is 1.82. The lowest BCUT2D eigenvalue weighted by molar-refractivity contribution is 0.0296. The molecule has 1 atom stereocenters. The largest absolute Gasteiger partial charge is 0.478 e. The van der Waals surface area contributed by atoms with Crippen molar-refractivity contribution in [2.45, 2.75) is 32.5 Å². The minimum atomic E-state index is -0.967. The SMILES string of the molecule is CCCCNc1nc(N)nc2c1C(O)N(Cc1ccc(C(=O)O)cc1)C=C2. The average Bonchev–Trinajstić information content (AvgIpc) is 2.64. The maximum absolute atomic E-state index is 11.0. The molecular formula is C19H23N5O3. The maximum atomic E-state index is 11.0. The first-order valence-electron chi connectivity index (χ1n) is 8.85. The zero-order valence-corrected chi connectivity index (χ0v) is 15.1. The third kappa shape index (κ3) is 4.17. The van der Waals surface area contributed by atoms with Crippen molar-refractivity contribution in [3.05, 3.63) is 52.8 Å². The van der Waals surface area contributed by atoms with Crippen LogP contribution < -0.4 is 11.1 Å². The number of nitrogens with two attached hydrogens (primary N) is 1. The molecule has 1 aliphatic heterocycles. The highest BCUT2D eigenvalue weighted by Crippen LogP contribution is 2.33. The average molecular weight is 369 g/mol. The Kier molecular flexibility index (Phi) is 5.56. The molecule has 0 aliphatic carbocycles. The van der Waals surface area contributed by atoms with Crippen LogP contribution in [0.25, 0.3) is 6.08 Å². The number of nitrogens with one attached hydrogen (secondary N) is 1. The summed E-state index contributed by atoms with van der Waals surface area (Å²) in [5.74, 6) is -0.276. The second kappa shape index (κ2) is 8.05. The summed E-state index contributed by atoms with van der Waals surface area (Å²) >= 11 is 0. The van der Waals surface area contributed by atoms with Crippen LogP contribution in [0.15, 0.2) is 30.5 Å². The van der Waals surface area contributed by atoms with Crippen LogP contribution in [0.2, 0.25) is 0 Å². The maximum Gasteiger partial charge on any atom is 0.335 e. The standard InChI is InChI=1S/C19H23N5O3/c1-2-3-9-21-16-15-14(22-19(20)23-16)8-10-24(17(15)25)11-12-4-6-13(7-5-12)18(26)27/h4-8,10,17,25H,2-3,9,11H2,1H3,(H,26,27)(H3,20,21,22,23). The van der Waals surface area contributed by atoms with Gasteiger partial charge in [-0.05, 0) is 30.2 Å².